The molecule has 2 aromatic rings. The van der Waals surface area contributed by atoms with Crippen LogP contribution in [0.2, 0.25) is 5.02 Å². The Labute approximate surface area is 112 Å². The Kier molecular flexibility index (Phi) is 4.18. The van der Waals surface area contributed by atoms with Crippen LogP contribution in [0.15, 0.2) is 42.7 Å². The minimum Gasteiger partial charge on any atom is -0.398 e. The Balaban J connectivity index is 2.06. The smallest absolute Gasteiger partial charge is 0.0471 e. The van der Waals surface area contributed by atoms with Gasteiger partial charge in [0.15, 0.2) is 0 Å². The Hall–Kier alpha value is -1.58. The van der Waals surface area contributed by atoms with Crippen LogP contribution in [0.25, 0.3) is 0 Å². The van der Waals surface area contributed by atoms with Crippen molar-refractivity contribution in [3.63, 3.8) is 0 Å². The zero-order chi connectivity index (χ0) is 13.0. The second-order valence-electron chi connectivity index (χ2n) is 4.34. The number of halogens is 1. The molecule has 0 bridgehead atoms. The third-order valence-electron chi connectivity index (χ3n) is 2.78. The predicted molar refractivity (Wildman–Crippen MR) is 75.3 cm³/mol. The number of nitrogens with zero attached hydrogens (tertiary/aromatic N) is 2. The van der Waals surface area contributed by atoms with E-state index in [1.165, 1.54) is 5.56 Å². The summed E-state index contributed by atoms with van der Waals surface area (Å²) in [7, 11) is 2.04. The number of hydrogen-bond donors (Lipinski definition) is 1. The molecule has 3 nitrogen and oxygen atoms in total. The number of benzene rings is 1. The lowest BCUT2D eigenvalue weighted by Crippen LogP contribution is -2.18. The molecule has 2 rings (SSSR count). The van der Waals surface area contributed by atoms with Crippen LogP contribution >= 0.6 is 11.6 Å². The maximum atomic E-state index is 6.16. The molecule has 2 N–H and O–H groups in total. The highest BCUT2D eigenvalue weighted by Gasteiger charge is 2.08. The van der Waals surface area contributed by atoms with Crippen molar-refractivity contribution in [2.45, 2.75) is 13.1 Å². The Morgan fingerprint density at radius 1 is 1.17 bits per heavy atom. The molecular weight excluding hydrogens is 246 g/mol. The van der Waals surface area contributed by atoms with Gasteiger partial charge in [0.2, 0.25) is 0 Å². The lowest BCUT2D eigenvalue weighted by Gasteiger charge is -2.18. The molecule has 1 aromatic carbocycles. The molecule has 0 aliphatic carbocycles. The zero-order valence-electron chi connectivity index (χ0n) is 10.3. The maximum absolute atomic E-state index is 6.16. The van der Waals surface area contributed by atoms with E-state index >= 15 is 0 Å². The Bertz CT molecular complexity index is 493. The van der Waals surface area contributed by atoms with E-state index in [1.807, 2.05) is 37.4 Å². The number of rotatable bonds is 4. The van der Waals surface area contributed by atoms with Gasteiger partial charge in [-0.25, -0.2) is 0 Å². The molecule has 0 aliphatic rings. The summed E-state index contributed by atoms with van der Waals surface area (Å²) < 4.78 is 0. The topological polar surface area (TPSA) is 42.2 Å². The molecule has 0 fully saturated rings. The van der Waals surface area contributed by atoms with Crippen LogP contribution in [0.1, 0.15) is 11.1 Å². The van der Waals surface area contributed by atoms with Crippen molar-refractivity contribution in [3.8, 4) is 0 Å². The van der Waals surface area contributed by atoms with Gasteiger partial charge in [-0.2, -0.15) is 0 Å². The van der Waals surface area contributed by atoms with E-state index in [0.717, 1.165) is 29.4 Å². The standard InChI is InChI=1S/C14H16ClN3/c1-18(9-11-5-7-17-8-6-11)10-12-13(15)3-2-4-14(12)16/h2-8H,9-10,16H2,1H3. The van der Waals surface area contributed by atoms with Crippen molar-refractivity contribution in [2.75, 3.05) is 12.8 Å². The van der Waals surface area contributed by atoms with E-state index in [2.05, 4.69) is 9.88 Å². The number of hydrogen-bond acceptors (Lipinski definition) is 3. The number of nitrogens with two attached hydrogens (primary N) is 1. The fourth-order valence-electron chi connectivity index (χ4n) is 1.87. The molecule has 0 spiro atoms. The average Bonchev–Trinajstić information content (AvgIpc) is 2.35. The van der Waals surface area contributed by atoms with Gasteiger partial charge in [-0.1, -0.05) is 17.7 Å². The Morgan fingerprint density at radius 2 is 1.89 bits per heavy atom. The monoisotopic (exact) mass is 261 g/mol. The summed E-state index contributed by atoms with van der Waals surface area (Å²) in [5, 5.41) is 0.719. The number of pyridine rings is 1. The first-order valence-corrected chi connectivity index (χ1v) is 6.15. The minimum absolute atomic E-state index is 0.719. The summed E-state index contributed by atoms with van der Waals surface area (Å²) in [6.07, 6.45) is 3.60. The molecular formula is C14H16ClN3. The van der Waals surface area contributed by atoms with Gasteiger partial charge in [0.1, 0.15) is 0 Å². The summed E-state index contributed by atoms with van der Waals surface area (Å²) >= 11 is 6.16. The highest BCUT2D eigenvalue weighted by atomic mass is 35.5. The van der Waals surface area contributed by atoms with Gasteiger partial charge in [0, 0.05) is 41.8 Å². The normalized spacial score (nSPS) is 10.8. The van der Waals surface area contributed by atoms with Crippen LogP contribution in [-0.4, -0.2) is 16.9 Å². The van der Waals surface area contributed by atoms with E-state index in [-0.39, 0.29) is 0 Å². The quantitative estimate of drug-likeness (QED) is 0.861. The van der Waals surface area contributed by atoms with E-state index < -0.39 is 0 Å². The van der Waals surface area contributed by atoms with Gasteiger partial charge in [0.25, 0.3) is 0 Å². The fourth-order valence-corrected chi connectivity index (χ4v) is 2.11. The first-order valence-electron chi connectivity index (χ1n) is 5.77. The molecule has 0 saturated carbocycles. The van der Waals surface area contributed by atoms with Crippen molar-refractivity contribution in [1.82, 2.24) is 9.88 Å². The third kappa shape index (κ3) is 3.22. The van der Waals surface area contributed by atoms with Crippen molar-refractivity contribution >= 4 is 17.3 Å². The molecule has 1 aromatic heterocycles. The molecule has 0 unspecified atom stereocenters. The summed E-state index contributed by atoms with van der Waals surface area (Å²) in [6.45, 7) is 1.57. The highest BCUT2D eigenvalue weighted by Crippen LogP contribution is 2.23. The van der Waals surface area contributed by atoms with Crippen molar-refractivity contribution in [2.24, 2.45) is 0 Å². The van der Waals surface area contributed by atoms with Gasteiger partial charge in [-0.05, 0) is 36.9 Å². The SMILES string of the molecule is CN(Cc1ccncc1)Cc1c(N)cccc1Cl. The predicted octanol–water partition coefficient (Wildman–Crippen LogP) is 2.95. The van der Waals surface area contributed by atoms with E-state index in [9.17, 15) is 0 Å². The molecule has 94 valence electrons. The van der Waals surface area contributed by atoms with Gasteiger partial charge < -0.3 is 5.73 Å². The van der Waals surface area contributed by atoms with E-state index in [0.29, 0.717) is 0 Å². The zero-order valence-corrected chi connectivity index (χ0v) is 11.1. The van der Waals surface area contributed by atoms with E-state index in [4.69, 9.17) is 17.3 Å². The van der Waals surface area contributed by atoms with Crippen molar-refractivity contribution in [3.05, 3.63) is 58.9 Å². The summed E-state index contributed by atoms with van der Waals surface area (Å²) in [6, 6.07) is 9.62. The second kappa shape index (κ2) is 5.85. The fraction of sp³-hybridized carbons (Fsp3) is 0.214. The summed E-state index contributed by atoms with van der Waals surface area (Å²) in [5.74, 6) is 0. The Morgan fingerprint density at radius 3 is 2.56 bits per heavy atom. The molecule has 1 heterocycles. The van der Waals surface area contributed by atoms with Crippen LogP contribution in [0.5, 0.6) is 0 Å². The summed E-state index contributed by atoms with van der Waals surface area (Å²) in [5.41, 5.74) is 8.88. The van der Waals surface area contributed by atoms with Crippen molar-refractivity contribution in [1.29, 1.82) is 0 Å². The van der Waals surface area contributed by atoms with Gasteiger partial charge in [0.05, 0.1) is 0 Å². The minimum atomic E-state index is 0.719. The van der Waals surface area contributed by atoms with Gasteiger partial charge >= 0.3 is 0 Å². The van der Waals surface area contributed by atoms with Crippen molar-refractivity contribution < 1.29 is 0 Å². The molecule has 0 amide bonds. The van der Waals surface area contributed by atoms with Crippen LogP contribution < -0.4 is 5.73 Å². The van der Waals surface area contributed by atoms with Gasteiger partial charge in [-0.15, -0.1) is 0 Å². The van der Waals surface area contributed by atoms with Crippen LogP contribution in [0.3, 0.4) is 0 Å². The molecule has 0 atom stereocenters. The lowest BCUT2D eigenvalue weighted by molar-refractivity contribution is 0.319. The number of aromatic nitrogens is 1. The maximum Gasteiger partial charge on any atom is 0.0471 e. The summed E-state index contributed by atoms with van der Waals surface area (Å²) in [4.78, 5) is 6.18. The van der Waals surface area contributed by atoms with Crippen LogP contribution in [0.4, 0.5) is 5.69 Å². The highest BCUT2D eigenvalue weighted by molar-refractivity contribution is 6.31. The number of nitrogen functional groups attached to an aromatic ring is 1. The average molecular weight is 262 g/mol. The van der Waals surface area contributed by atoms with Crippen LogP contribution in [0, 0.1) is 0 Å². The second-order valence-corrected chi connectivity index (χ2v) is 4.74. The molecule has 0 radical (unpaired) electrons. The lowest BCUT2D eigenvalue weighted by atomic mass is 10.1. The van der Waals surface area contributed by atoms with Gasteiger partial charge in [-0.3, -0.25) is 9.88 Å². The molecule has 0 saturated heterocycles. The first-order chi connectivity index (χ1) is 8.66. The third-order valence-corrected chi connectivity index (χ3v) is 3.14. The largest absolute Gasteiger partial charge is 0.398 e. The molecule has 0 aliphatic heterocycles. The number of anilines is 1. The molecule has 18 heavy (non-hydrogen) atoms. The molecule has 4 heteroatoms. The first kappa shape index (κ1) is 12.9. The van der Waals surface area contributed by atoms with E-state index in [1.54, 1.807) is 12.4 Å². The van der Waals surface area contributed by atoms with Crippen LogP contribution in [-0.2, 0) is 13.1 Å².